The molecule has 5 N–H and O–H groups in total. The van der Waals surface area contributed by atoms with Crippen LogP contribution in [-0.4, -0.2) is 22.6 Å². The molecule has 0 aliphatic heterocycles. The lowest BCUT2D eigenvalue weighted by atomic mass is 9.95. The van der Waals surface area contributed by atoms with Crippen molar-refractivity contribution in [2.24, 2.45) is 11.5 Å². The minimum Gasteiger partial charge on any atom is -0.394 e. The molecule has 0 radical (unpaired) electrons. The Morgan fingerprint density at radius 1 is 1.64 bits per heavy atom. The number of pyridine rings is 1. The maximum atomic E-state index is 10.8. The van der Waals surface area contributed by atoms with Gasteiger partial charge in [-0.15, -0.1) is 0 Å². The quantitative estimate of drug-likeness (QED) is 0.596. The largest absolute Gasteiger partial charge is 0.394 e. The number of nitrogens with zero attached hydrogens (tertiary/aromatic N) is 1. The number of primary amides is 1. The molecule has 0 spiro atoms. The molecule has 1 heterocycles. The van der Waals surface area contributed by atoms with Crippen molar-refractivity contribution in [3.05, 3.63) is 29.6 Å². The molecule has 1 rings (SSSR count). The second-order valence-electron chi connectivity index (χ2n) is 3.40. The van der Waals surface area contributed by atoms with Crippen LogP contribution >= 0.6 is 0 Å². The van der Waals surface area contributed by atoms with Crippen LogP contribution in [-0.2, 0) is 5.54 Å². The van der Waals surface area contributed by atoms with Gasteiger partial charge >= 0.3 is 0 Å². The van der Waals surface area contributed by atoms with Crippen molar-refractivity contribution in [3.8, 4) is 0 Å². The van der Waals surface area contributed by atoms with Gasteiger partial charge in [-0.05, 0) is 18.6 Å². The van der Waals surface area contributed by atoms with Crippen LogP contribution in [0.4, 0.5) is 0 Å². The Morgan fingerprint density at radius 2 is 2.29 bits per heavy atom. The molecule has 0 fully saturated rings. The number of amides is 1. The van der Waals surface area contributed by atoms with Gasteiger partial charge in [-0.1, -0.05) is 0 Å². The summed E-state index contributed by atoms with van der Waals surface area (Å²) in [4.78, 5) is 14.7. The second-order valence-corrected chi connectivity index (χ2v) is 3.40. The lowest BCUT2D eigenvalue weighted by Gasteiger charge is -2.21. The van der Waals surface area contributed by atoms with Crippen molar-refractivity contribution in [1.29, 1.82) is 0 Å². The van der Waals surface area contributed by atoms with E-state index in [9.17, 15) is 4.79 Å². The first-order chi connectivity index (χ1) is 6.47. The first kappa shape index (κ1) is 10.6. The number of aliphatic hydroxyl groups excluding tert-OH is 1. The number of hydrogen-bond acceptors (Lipinski definition) is 4. The van der Waals surface area contributed by atoms with Gasteiger partial charge in [0.15, 0.2) is 0 Å². The molecule has 1 amide bonds. The van der Waals surface area contributed by atoms with Crippen LogP contribution in [0.5, 0.6) is 0 Å². The summed E-state index contributed by atoms with van der Waals surface area (Å²) in [6, 6.07) is 1.53. The van der Waals surface area contributed by atoms with Crippen molar-refractivity contribution in [1.82, 2.24) is 4.98 Å². The molecular weight excluding hydrogens is 182 g/mol. The third-order valence-corrected chi connectivity index (χ3v) is 2.01. The van der Waals surface area contributed by atoms with E-state index in [-0.39, 0.29) is 12.2 Å². The zero-order valence-electron chi connectivity index (χ0n) is 7.90. The highest BCUT2D eigenvalue weighted by molar-refractivity contribution is 5.92. The fraction of sp³-hybridized carbons (Fsp3) is 0.333. The van der Waals surface area contributed by atoms with Crippen LogP contribution in [0.3, 0.4) is 0 Å². The maximum absolute atomic E-state index is 10.8. The molecule has 0 saturated carbocycles. The monoisotopic (exact) mass is 195 g/mol. The molecule has 76 valence electrons. The molecule has 14 heavy (non-hydrogen) atoms. The summed E-state index contributed by atoms with van der Waals surface area (Å²) in [5.74, 6) is -0.562. The lowest BCUT2D eigenvalue weighted by Crippen LogP contribution is -2.37. The summed E-state index contributed by atoms with van der Waals surface area (Å²) in [7, 11) is 0. The minimum atomic E-state index is -0.904. The summed E-state index contributed by atoms with van der Waals surface area (Å²) in [6.07, 6.45) is 2.86. The number of nitrogens with two attached hydrogens (primary N) is 2. The fourth-order valence-electron chi connectivity index (χ4n) is 0.978. The van der Waals surface area contributed by atoms with Gasteiger partial charge in [0.05, 0.1) is 17.7 Å². The molecule has 1 aromatic heterocycles. The highest BCUT2D eigenvalue weighted by Crippen LogP contribution is 2.16. The Hall–Kier alpha value is -1.46. The van der Waals surface area contributed by atoms with Gasteiger partial charge in [-0.2, -0.15) is 0 Å². The predicted molar refractivity (Wildman–Crippen MR) is 51.4 cm³/mol. The van der Waals surface area contributed by atoms with Crippen molar-refractivity contribution in [2.45, 2.75) is 12.5 Å². The first-order valence-corrected chi connectivity index (χ1v) is 4.12. The summed E-state index contributed by atoms with van der Waals surface area (Å²) >= 11 is 0. The van der Waals surface area contributed by atoms with Crippen LogP contribution in [0.2, 0.25) is 0 Å². The molecule has 0 aliphatic carbocycles. The van der Waals surface area contributed by atoms with Crippen LogP contribution in [0.25, 0.3) is 0 Å². The molecule has 5 nitrogen and oxygen atoms in total. The zero-order chi connectivity index (χ0) is 10.8. The average Bonchev–Trinajstić information content (AvgIpc) is 2.18. The number of hydrogen-bond donors (Lipinski definition) is 3. The molecular formula is C9H13N3O2. The topological polar surface area (TPSA) is 102 Å². The number of carbonyl (C=O) groups excluding carboxylic acids is 1. The summed E-state index contributed by atoms with van der Waals surface area (Å²) < 4.78 is 0. The van der Waals surface area contributed by atoms with Gasteiger partial charge < -0.3 is 16.6 Å². The average molecular weight is 195 g/mol. The van der Waals surface area contributed by atoms with Crippen LogP contribution in [0.15, 0.2) is 18.5 Å². The van der Waals surface area contributed by atoms with Crippen LogP contribution < -0.4 is 11.5 Å². The highest BCUT2D eigenvalue weighted by atomic mass is 16.3. The van der Waals surface area contributed by atoms with Crippen molar-refractivity contribution in [2.75, 3.05) is 6.61 Å². The molecule has 1 aromatic rings. The van der Waals surface area contributed by atoms with E-state index in [4.69, 9.17) is 16.6 Å². The molecule has 1 atom stereocenters. The van der Waals surface area contributed by atoms with Gasteiger partial charge in [0.2, 0.25) is 5.91 Å². The first-order valence-electron chi connectivity index (χ1n) is 4.12. The van der Waals surface area contributed by atoms with E-state index in [1.807, 2.05) is 0 Å². The van der Waals surface area contributed by atoms with Gasteiger partial charge in [0.1, 0.15) is 0 Å². The van der Waals surface area contributed by atoms with E-state index in [0.717, 1.165) is 0 Å². The zero-order valence-corrected chi connectivity index (χ0v) is 7.90. The predicted octanol–water partition coefficient (Wildman–Crippen LogP) is -0.653. The molecule has 5 heteroatoms. The van der Waals surface area contributed by atoms with Crippen LogP contribution in [0.1, 0.15) is 22.8 Å². The molecule has 0 saturated heterocycles. The standard InChI is InChI=1S/C9H13N3O2/c1-9(11,5-13)7-2-6(8(10)14)3-12-4-7/h2-4,13H,5,11H2,1H3,(H2,10,14)/t9-/m0/s1. The third-order valence-electron chi connectivity index (χ3n) is 2.01. The number of aromatic nitrogens is 1. The molecule has 0 aromatic carbocycles. The lowest BCUT2D eigenvalue weighted by molar-refractivity contribution is 0.0999. The normalized spacial score (nSPS) is 14.8. The number of carbonyl (C=O) groups is 1. The smallest absolute Gasteiger partial charge is 0.250 e. The maximum Gasteiger partial charge on any atom is 0.250 e. The van der Waals surface area contributed by atoms with Crippen molar-refractivity contribution in [3.63, 3.8) is 0 Å². The van der Waals surface area contributed by atoms with E-state index in [1.54, 1.807) is 6.92 Å². The second kappa shape index (κ2) is 3.73. The molecule has 0 aliphatic rings. The van der Waals surface area contributed by atoms with E-state index in [0.29, 0.717) is 5.56 Å². The Morgan fingerprint density at radius 3 is 2.79 bits per heavy atom. The Labute approximate surface area is 81.7 Å². The van der Waals surface area contributed by atoms with Gasteiger partial charge in [-0.25, -0.2) is 0 Å². The summed E-state index contributed by atoms with van der Waals surface area (Å²) in [5, 5.41) is 9.01. The highest BCUT2D eigenvalue weighted by Gasteiger charge is 2.21. The molecule has 0 bridgehead atoms. The number of rotatable bonds is 3. The summed E-state index contributed by atoms with van der Waals surface area (Å²) in [5.41, 5.74) is 10.8. The fourth-order valence-corrected chi connectivity index (χ4v) is 0.978. The van der Waals surface area contributed by atoms with Gasteiger partial charge in [0, 0.05) is 12.4 Å². The Kier molecular flexibility index (Phi) is 2.83. The SMILES string of the molecule is C[C@](N)(CO)c1cncc(C(N)=O)c1. The van der Waals surface area contributed by atoms with Gasteiger partial charge in [0.25, 0.3) is 0 Å². The summed E-state index contributed by atoms with van der Waals surface area (Å²) in [6.45, 7) is 1.42. The van der Waals surface area contributed by atoms with Crippen molar-refractivity contribution < 1.29 is 9.90 Å². The van der Waals surface area contributed by atoms with E-state index >= 15 is 0 Å². The third kappa shape index (κ3) is 2.07. The minimum absolute atomic E-state index is 0.225. The van der Waals surface area contributed by atoms with E-state index in [1.165, 1.54) is 18.5 Å². The number of aliphatic hydroxyl groups is 1. The van der Waals surface area contributed by atoms with Crippen LogP contribution in [0, 0.1) is 0 Å². The van der Waals surface area contributed by atoms with Gasteiger partial charge in [-0.3, -0.25) is 9.78 Å². The van der Waals surface area contributed by atoms with E-state index < -0.39 is 11.4 Å². The Bertz CT molecular complexity index is 350. The Balaban J connectivity index is 3.12. The van der Waals surface area contributed by atoms with Crippen molar-refractivity contribution >= 4 is 5.91 Å². The molecule has 0 unspecified atom stereocenters. The van der Waals surface area contributed by atoms with E-state index in [2.05, 4.69) is 4.98 Å².